The Bertz CT molecular complexity index is 430. The average Bonchev–Trinajstić information content (AvgIpc) is 2.51. The summed E-state index contributed by atoms with van der Waals surface area (Å²) in [6.07, 6.45) is 0.123. The molecule has 0 unspecified atom stereocenters. The molecule has 0 saturated carbocycles. The number of primary amides is 1. The molecule has 0 saturated heterocycles. The summed E-state index contributed by atoms with van der Waals surface area (Å²) in [4.78, 5) is 39.8. The van der Waals surface area contributed by atoms with Gasteiger partial charge in [-0.25, -0.2) is 0 Å². The van der Waals surface area contributed by atoms with Crippen LogP contribution >= 0.6 is 0 Å². The van der Waals surface area contributed by atoms with E-state index in [1.807, 2.05) is 0 Å². The Balaban J connectivity index is -0.000000296. The van der Waals surface area contributed by atoms with Gasteiger partial charge in [-0.2, -0.15) is 0 Å². The third-order valence-corrected chi connectivity index (χ3v) is 2.54. The molecule has 12 nitrogen and oxygen atoms in total. The first-order chi connectivity index (χ1) is 11.3. The summed E-state index contributed by atoms with van der Waals surface area (Å²) in [5.41, 5.74) is 19.7. The lowest BCUT2D eigenvalue weighted by atomic mass is 10.1. The number of carbonyl (C=O) groups excluding carboxylic acids is 1. The molecule has 0 aliphatic heterocycles. The van der Waals surface area contributed by atoms with E-state index in [9.17, 15) is 19.2 Å². The summed E-state index contributed by atoms with van der Waals surface area (Å²) in [5, 5.41) is 32.3. The SMILES string of the molecule is CC(C)[C@H](N)C(=O)O.NC(=O)CC[C@H](N)C(=O)O.N[C@@H](CO)C(=O)O. The standard InChI is InChI=1S/C5H10N2O3.C5H11NO2.C3H7NO3/c6-3(5(9)10)1-2-4(7)8;1-3(2)4(6)5(7)8;4-2(1-5)3(6)7/h3H,1-2,6H2,(H2,7,8)(H,9,10);3-4H,6H2,1-2H3,(H,7,8);2,5H,1,4H2,(H,6,7)/t3-;4-;2-/m000/s1. The molecule has 0 aliphatic carbocycles. The second kappa shape index (κ2) is 15.3. The van der Waals surface area contributed by atoms with Crippen LogP contribution in [-0.2, 0) is 19.2 Å². The quantitative estimate of drug-likeness (QED) is 0.215. The number of aliphatic hydroxyl groups excluding tert-OH is 1. The van der Waals surface area contributed by atoms with Gasteiger partial charge in [-0.15, -0.1) is 0 Å². The molecular formula is C13H28N4O8. The molecule has 148 valence electrons. The molecule has 0 spiro atoms. The zero-order valence-electron chi connectivity index (χ0n) is 14.2. The molecule has 0 aromatic heterocycles. The van der Waals surface area contributed by atoms with Gasteiger partial charge in [0, 0.05) is 6.42 Å². The highest BCUT2D eigenvalue weighted by Gasteiger charge is 2.14. The van der Waals surface area contributed by atoms with Crippen molar-refractivity contribution in [3.63, 3.8) is 0 Å². The average molecular weight is 368 g/mol. The number of aliphatic hydroxyl groups is 1. The van der Waals surface area contributed by atoms with Crippen molar-refractivity contribution in [3.8, 4) is 0 Å². The minimum atomic E-state index is -1.18. The summed E-state index contributed by atoms with van der Waals surface area (Å²) in [5.74, 6) is -3.73. The summed E-state index contributed by atoms with van der Waals surface area (Å²) in [6, 6.07) is -2.82. The second-order valence-corrected chi connectivity index (χ2v) is 5.19. The number of carbonyl (C=O) groups is 4. The molecule has 25 heavy (non-hydrogen) atoms. The number of carboxylic acid groups (broad SMARTS) is 3. The van der Waals surface area contributed by atoms with Gasteiger partial charge in [-0.05, 0) is 12.3 Å². The van der Waals surface area contributed by atoms with Gasteiger partial charge in [-0.3, -0.25) is 19.2 Å². The van der Waals surface area contributed by atoms with Crippen LogP contribution in [-0.4, -0.2) is 69.0 Å². The predicted molar refractivity (Wildman–Crippen MR) is 87.2 cm³/mol. The minimum absolute atomic E-state index is 0.0208. The Morgan fingerprint density at radius 1 is 0.840 bits per heavy atom. The highest BCUT2D eigenvalue weighted by Crippen LogP contribution is 1.96. The molecule has 1 amide bonds. The molecule has 0 bridgehead atoms. The Kier molecular flexibility index (Phi) is 16.8. The molecule has 0 aromatic carbocycles. The van der Waals surface area contributed by atoms with E-state index in [1.54, 1.807) is 13.8 Å². The van der Waals surface area contributed by atoms with E-state index < -0.39 is 48.5 Å². The van der Waals surface area contributed by atoms with E-state index >= 15 is 0 Å². The summed E-state index contributed by atoms with van der Waals surface area (Å²) >= 11 is 0. The summed E-state index contributed by atoms with van der Waals surface area (Å²) in [6.45, 7) is 3.05. The lowest BCUT2D eigenvalue weighted by Crippen LogP contribution is -2.34. The van der Waals surface area contributed by atoms with Gasteiger partial charge < -0.3 is 43.4 Å². The number of hydrogen-bond acceptors (Lipinski definition) is 8. The topological polar surface area (TPSA) is 253 Å². The predicted octanol–water partition coefficient (Wildman–Crippen LogP) is -2.89. The number of carboxylic acids is 3. The van der Waals surface area contributed by atoms with E-state index in [-0.39, 0.29) is 18.8 Å². The molecule has 12 heteroatoms. The lowest BCUT2D eigenvalue weighted by Gasteiger charge is -2.07. The largest absolute Gasteiger partial charge is 0.480 e. The zero-order valence-corrected chi connectivity index (χ0v) is 14.2. The zero-order chi connectivity index (χ0) is 20.7. The van der Waals surface area contributed by atoms with Gasteiger partial charge in [-0.1, -0.05) is 13.8 Å². The molecule has 0 radical (unpaired) electrons. The molecule has 3 atom stereocenters. The highest BCUT2D eigenvalue weighted by atomic mass is 16.4. The van der Waals surface area contributed by atoms with Crippen molar-refractivity contribution >= 4 is 23.8 Å². The first kappa shape index (κ1) is 27.6. The van der Waals surface area contributed by atoms with Gasteiger partial charge in [0.1, 0.15) is 18.1 Å². The van der Waals surface area contributed by atoms with Crippen molar-refractivity contribution in [2.24, 2.45) is 28.9 Å². The normalized spacial score (nSPS) is 13.2. The van der Waals surface area contributed by atoms with Crippen LogP contribution < -0.4 is 22.9 Å². The van der Waals surface area contributed by atoms with Crippen LogP contribution in [0, 0.1) is 5.92 Å². The van der Waals surface area contributed by atoms with Crippen molar-refractivity contribution in [2.75, 3.05) is 6.61 Å². The van der Waals surface area contributed by atoms with E-state index in [0.29, 0.717) is 0 Å². The fourth-order valence-corrected chi connectivity index (χ4v) is 0.784. The number of rotatable bonds is 8. The highest BCUT2D eigenvalue weighted by molar-refractivity contribution is 5.77. The maximum Gasteiger partial charge on any atom is 0.322 e. The van der Waals surface area contributed by atoms with Crippen LogP contribution in [0.15, 0.2) is 0 Å². The summed E-state index contributed by atoms with van der Waals surface area (Å²) < 4.78 is 0. The van der Waals surface area contributed by atoms with Crippen molar-refractivity contribution in [2.45, 2.75) is 44.8 Å². The van der Waals surface area contributed by atoms with Crippen molar-refractivity contribution < 1.29 is 39.6 Å². The molecule has 0 aromatic rings. The van der Waals surface area contributed by atoms with E-state index in [1.165, 1.54) is 0 Å². The van der Waals surface area contributed by atoms with E-state index in [2.05, 4.69) is 0 Å². The molecule has 12 N–H and O–H groups in total. The van der Waals surface area contributed by atoms with Crippen molar-refractivity contribution in [1.82, 2.24) is 0 Å². The first-order valence-corrected chi connectivity index (χ1v) is 7.12. The van der Waals surface area contributed by atoms with Crippen molar-refractivity contribution in [1.29, 1.82) is 0 Å². The lowest BCUT2D eigenvalue weighted by molar-refractivity contribution is -0.140. The third-order valence-electron chi connectivity index (χ3n) is 2.54. The van der Waals surface area contributed by atoms with Crippen LogP contribution in [0.1, 0.15) is 26.7 Å². The Morgan fingerprint density at radius 2 is 1.24 bits per heavy atom. The van der Waals surface area contributed by atoms with Crippen LogP contribution in [0.5, 0.6) is 0 Å². The third kappa shape index (κ3) is 19.7. The van der Waals surface area contributed by atoms with Crippen LogP contribution in [0.2, 0.25) is 0 Å². The fourth-order valence-electron chi connectivity index (χ4n) is 0.784. The number of amides is 1. The second-order valence-electron chi connectivity index (χ2n) is 5.19. The number of nitrogens with two attached hydrogens (primary N) is 4. The Labute approximate surface area is 144 Å². The van der Waals surface area contributed by atoms with Crippen LogP contribution in [0.4, 0.5) is 0 Å². The maximum absolute atomic E-state index is 10.1. The van der Waals surface area contributed by atoms with Gasteiger partial charge in [0.25, 0.3) is 0 Å². The van der Waals surface area contributed by atoms with Gasteiger partial charge in [0.15, 0.2) is 0 Å². The Morgan fingerprint density at radius 3 is 1.36 bits per heavy atom. The number of hydrogen-bond donors (Lipinski definition) is 8. The van der Waals surface area contributed by atoms with Gasteiger partial charge >= 0.3 is 17.9 Å². The maximum atomic E-state index is 10.1. The van der Waals surface area contributed by atoms with Crippen LogP contribution in [0.25, 0.3) is 0 Å². The van der Waals surface area contributed by atoms with Crippen molar-refractivity contribution in [3.05, 3.63) is 0 Å². The first-order valence-electron chi connectivity index (χ1n) is 7.12. The van der Waals surface area contributed by atoms with Gasteiger partial charge in [0.05, 0.1) is 6.61 Å². The monoisotopic (exact) mass is 368 g/mol. The van der Waals surface area contributed by atoms with Crippen LogP contribution in [0.3, 0.4) is 0 Å². The summed E-state index contributed by atoms with van der Waals surface area (Å²) in [7, 11) is 0. The molecule has 0 rings (SSSR count). The van der Waals surface area contributed by atoms with Gasteiger partial charge in [0.2, 0.25) is 5.91 Å². The molecule has 0 heterocycles. The molecule has 0 fully saturated rings. The molecule has 0 aliphatic rings. The number of aliphatic carboxylic acids is 3. The minimum Gasteiger partial charge on any atom is -0.480 e. The molecular weight excluding hydrogens is 340 g/mol. The smallest absolute Gasteiger partial charge is 0.322 e. The van der Waals surface area contributed by atoms with E-state index in [4.69, 9.17) is 43.4 Å². The fraction of sp³-hybridized carbons (Fsp3) is 0.692. The Hall–Kier alpha value is -2.28. The van der Waals surface area contributed by atoms with E-state index in [0.717, 1.165) is 0 Å².